The predicted octanol–water partition coefficient (Wildman–Crippen LogP) is 4.57. The first kappa shape index (κ1) is 39.2. The lowest BCUT2D eigenvalue weighted by atomic mass is 9.98. The molecule has 4 heterocycles. The molecule has 13 nitrogen and oxygen atoms in total. The van der Waals surface area contributed by atoms with Gasteiger partial charge in [0.1, 0.15) is 18.0 Å². The number of fused-ring (bicyclic) bond motifs is 2. The number of nitrogens with one attached hydrogen (secondary N) is 1. The van der Waals surface area contributed by atoms with E-state index in [1.807, 2.05) is 71.2 Å². The van der Waals surface area contributed by atoms with Gasteiger partial charge in [-0.25, -0.2) is 14.8 Å². The zero-order valence-corrected chi connectivity index (χ0v) is 33.3. The number of para-hydroxylation sites is 1. The fourth-order valence-corrected chi connectivity index (χ4v) is 9.47. The Hall–Kier alpha value is -5.66. The van der Waals surface area contributed by atoms with Crippen LogP contribution in [0.3, 0.4) is 0 Å². The smallest absolute Gasteiger partial charge is 0.334 e. The second-order valence-corrected chi connectivity index (χ2v) is 16.2. The fourth-order valence-electron chi connectivity index (χ4n) is 9.47. The van der Waals surface area contributed by atoms with Gasteiger partial charge in [-0.05, 0) is 47.6 Å². The van der Waals surface area contributed by atoms with Gasteiger partial charge in [-0.1, -0.05) is 79.6 Å². The summed E-state index contributed by atoms with van der Waals surface area (Å²) in [5.74, 6) is 0.396. The zero-order chi connectivity index (χ0) is 40.3. The number of hydrogen-bond donors (Lipinski definition) is 2. The Morgan fingerprint density at radius 2 is 1.66 bits per heavy atom. The molecular weight excluding hydrogens is 733 g/mol. The molecule has 2 atom stereocenters. The van der Waals surface area contributed by atoms with Crippen molar-refractivity contribution in [3.8, 4) is 5.75 Å². The summed E-state index contributed by atoms with van der Waals surface area (Å²) in [6.45, 7) is 8.88. The quantitative estimate of drug-likeness (QED) is 0.214. The number of benzene rings is 3. The first-order valence-corrected chi connectivity index (χ1v) is 20.6. The van der Waals surface area contributed by atoms with Gasteiger partial charge in [0.15, 0.2) is 0 Å². The number of rotatable bonds is 11. The first-order chi connectivity index (χ1) is 28.2. The van der Waals surface area contributed by atoms with E-state index in [1.165, 1.54) is 25.7 Å². The molecule has 3 aliphatic heterocycles. The minimum absolute atomic E-state index is 0.0158. The topological polar surface area (TPSA) is 125 Å². The largest absolute Gasteiger partial charge is 0.508 e. The van der Waals surface area contributed by atoms with E-state index in [1.54, 1.807) is 50.2 Å². The number of aromatic nitrogens is 1. The summed E-state index contributed by atoms with van der Waals surface area (Å²) in [7, 11) is 1.93. The monoisotopic (exact) mass is 786 g/mol. The summed E-state index contributed by atoms with van der Waals surface area (Å²) in [6, 6.07) is 20.8. The van der Waals surface area contributed by atoms with Gasteiger partial charge >= 0.3 is 6.03 Å². The number of amides is 5. The van der Waals surface area contributed by atoms with E-state index in [0.717, 1.165) is 53.1 Å². The van der Waals surface area contributed by atoms with Gasteiger partial charge in [0.2, 0.25) is 11.8 Å². The molecule has 1 aliphatic carbocycles. The van der Waals surface area contributed by atoms with Crippen LogP contribution in [0.25, 0.3) is 10.9 Å². The van der Waals surface area contributed by atoms with Gasteiger partial charge in [0, 0.05) is 77.4 Å². The van der Waals surface area contributed by atoms with Crippen LogP contribution in [0, 0.1) is 5.92 Å². The van der Waals surface area contributed by atoms with E-state index in [-0.39, 0.29) is 62.6 Å². The number of hydrazine groups is 1. The van der Waals surface area contributed by atoms with Crippen LogP contribution in [0.4, 0.5) is 4.79 Å². The Morgan fingerprint density at radius 3 is 2.38 bits per heavy atom. The lowest BCUT2D eigenvalue weighted by Crippen LogP contribution is -2.76. The predicted molar refractivity (Wildman–Crippen MR) is 221 cm³/mol. The van der Waals surface area contributed by atoms with Crippen LogP contribution in [0.2, 0.25) is 0 Å². The summed E-state index contributed by atoms with van der Waals surface area (Å²) in [5.41, 5.74) is 4.06. The van der Waals surface area contributed by atoms with E-state index in [4.69, 9.17) is 0 Å². The number of carbonyl (C=O) groups excluding carboxylic acids is 4. The number of aryl methyl sites for hydroxylation is 1. The number of aromatic hydroxyl groups is 1. The number of hydrogen-bond acceptors (Lipinski definition) is 7. The Balaban J connectivity index is 1.08. The number of urea groups is 1. The summed E-state index contributed by atoms with van der Waals surface area (Å²) < 4.78 is 1.97. The highest BCUT2D eigenvalue weighted by molar-refractivity contribution is 6.07. The van der Waals surface area contributed by atoms with Crippen molar-refractivity contribution in [2.24, 2.45) is 13.0 Å². The Labute approximate surface area is 340 Å². The van der Waals surface area contributed by atoms with Gasteiger partial charge in [-0.3, -0.25) is 19.3 Å². The van der Waals surface area contributed by atoms with Crippen molar-refractivity contribution in [2.75, 3.05) is 52.4 Å². The SMILES string of the molecule is C=CCN1CC(=O)N2[C@@H](Cc3ccc(O)cc3)C(=O)N(Cc3cccc4c(C(=O)N5CCN(CC6CCCC6)CC5)cn(C)c34)C[C@@H]2N1C(=O)NCc1ccccc1. The van der Waals surface area contributed by atoms with E-state index in [2.05, 4.69) is 16.8 Å². The van der Waals surface area contributed by atoms with Gasteiger partial charge in [0.05, 0.1) is 24.2 Å². The van der Waals surface area contributed by atoms with Gasteiger partial charge < -0.3 is 29.7 Å². The van der Waals surface area contributed by atoms with E-state index < -0.39 is 18.2 Å². The van der Waals surface area contributed by atoms with Crippen LogP contribution in [0.1, 0.15) is 52.7 Å². The van der Waals surface area contributed by atoms with Crippen LogP contribution < -0.4 is 5.32 Å². The normalized spacial score (nSPS) is 20.8. The molecule has 0 radical (unpaired) electrons. The second-order valence-electron chi connectivity index (χ2n) is 16.2. The molecule has 58 heavy (non-hydrogen) atoms. The van der Waals surface area contributed by atoms with E-state index >= 15 is 0 Å². The molecule has 13 heteroatoms. The standard InChI is InChI=1S/C45H54N8O5/c1-3-20-51-31-41(55)52-39(25-32-16-18-36(54)19-17-32)44(57)50(30-40(52)53(51)45(58)46-26-33-10-5-4-6-11-33)28-35-14-9-15-37-38(29-47(2)42(35)37)43(56)49-23-21-48(22-24-49)27-34-12-7-8-13-34/h3-6,9-11,14-19,29,34,39-40,54H,1,7-8,12-13,20-28,30-31H2,2H3,(H,46,58)/t39-,40-/m0/s1. The summed E-state index contributed by atoms with van der Waals surface area (Å²) in [4.78, 5) is 64.9. The molecule has 0 spiro atoms. The van der Waals surface area contributed by atoms with Crippen LogP contribution in [0.5, 0.6) is 5.75 Å². The van der Waals surface area contributed by atoms with E-state index in [0.29, 0.717) is 18.7 Å². The number of phenols is 1. The third-order valence-electron chi connectivity index (χ3n) is 12.4. The molecule has 4 aromatic rings. The minimum Gasteiger partial charge on any atom is -0.508 e. The molecular formula is C45H54N8O5. The van der Waals surface area contributed by atoms with Crippen molar-refractivity contribution in [3.05, 3.63) is 114 Å². The van der Waals surface area contributed by atoms with Crippen molar-refractivity contribution >= 4 is 34.7 Å². The van der Waals surface area contributed by atoms with Gasteiger partial charge in [-0.15, -0.1) is 6.58 Å². The molecule has 3 aromatic carbocycles. The highest BCUT2D eigenvalue weighted by atomic mass is 16.3. The average molecular weight is 787 g/mol. The number of piperazine rings is 2. The molecule has 8 rings (SSSR count). The minimum atomic E-state index is -0.914. The maximum absolute atomic E-state index is 14.7. The molecule has 1 saturated carbocycles. The van der Waals surface area contributed by atoms with Crippen LogP contribution in [0.15, 0.2) is 91.6 Å². The molecule has 3 saturated heterocycles. The lowest BCUT2D eigenvalue weighted by Gasteiger charge is -2.55. The summed E-state index contributed by atoms with van der Waals surface area (Å²) >= 11 is 0. The maximum atomic E-state index is 14.7. The van der Waals surface area contributed by atoms with Crippen LogP contribution in [-0.4, -0.2) is 128 Å². The van der Waals surface area contributed by atoms with Crippen molar-refractivity contribution < 1.29 is 24.3 Å². The van der Waals surface area contributed by atoms with Crippen molar-refractivity contribution in [3.63, 3.8) is 0 Å². The number of phenolic OH excluding ortho intramolecular Hbond substituents is 1. The zero-order valence-electron chi connectivity index (χ0n) is 33.3. The molecule has 4 fully saturated rings. The molecule has 4 aliphatic rings. The summed E-state index contributed by atoms with van der Waals surface area (Å²) in [6.07, 6.45) is 8.23. The van der Waals surface area contributed by atoms with Crippen molar-refractivity contribution in [1.82, 2.24) is 39.5 Å². The number of nitrogens with zero attached hydrogens (tertiary/aromatic N) is 7. The van der Waals surface area contributed by atoms with Crippen LogP contribution in [-0.2, 0) is 36.1 Å². The number of carbonyl (C=O) groups is 4. The first-order valence-electron chi connectivity index (χ1n) is 20.6. The van der Waals surface area contributed by atoms with E-state index in [9.17, 15) is 24.3 Å². The molecule has 0 bridgehead atoms. The highest BCUT2D eigenvalue weighted by Gasteiger charge is 2.51. The van der Waals surface area contributed by atoms with Crippen molar-refractivity contribution in [1.29, 1.82) is 0 Å². The van der Waals surface area contributed by atoms with Gasteiger partial charge in [-0.2, -0.15) is 0 Å². The Morgan fingerprint density at radius 1 is 0.914 bits per heavy atom. The summed E-state index contributed by atoms with van der Waals surface area (Å²) in [5, 5.41) is 17.1. The molecule has 2 N–H and O–H groups in total. The Bertz CT molecular complexity index is 2140. The third-order valence-corrected chi connectivity index (χ3v) is 12.4. The third kappa shape index (κ3) is 8.06. The Kier molecular flexibility index (Phi) is 11.5. The molecule has 1 aromatic heterocycles. The lowest BCUT2D eigenvalue weighted by molar-refractivity contribution is -0.189. The van der Waals surface area contributed by atoms with Gasteiger partial charge in [0.25, 0.3) is 5.91 Å². The average Bonchev–Trinajstić information content (AvgIpc) is 3.87. The molecule has 304 valence electrons. The fraction of sp³-hybridized carbons (Fsp3) is 0.422. The highest BCUT2D eigenvalue weighted by Crippen LogP contribution is 2.32. The second kappa shape index (κ2) is 17.1. The molecule has 0 unspecified atom stereocenters. The van der Waals surface area contributed by atoms with Crippen molar-refractivity contribution in [2.45, 2.75) is 57.4 Å². The van der Waals surface area contributed by atoms with Crippen LogP contribution >= 0.6 is 0 Å². The molecule has 5 amide bonds. The maximum Gasteiger partial charge on any atom is 0.334 e.